The number of alkyl halides is 3. The third-order valence-electron chi connectivity index (χ3n) is 4.14. The molecule has 0 unspecified atom stereocenters. The first kappa shape index (κ1) is 19.5. The van der Waals surface area contributed by atoms with Gasteiger partial charge in [0.25, 0.3) is 5.91 Å². The summed E-state index contributed by atoms with van der Waals surface area (Å²) in [6.07, 6.45) is 0.233. The molecule has 140 valence electrons. The van der Waals surface area contributed by atoms with Gasteiger partial charge in [-0.1, -0.05) is 0 Å². The molecule has 0 bridgehead atoms. The van der Waals surface area contributed by atoms with E-state index in [2.05, 4.69) is 14.6 Å². The molecule has 25 heavy (non-hydrogen) atoms. The second kappa shape index (κ2) is 9.03. The first-order chi connectivity index (χ1) is 11.9. The van der Waals surface area contributed by atoms with E-state index in [0.29, 0.717) is 18.7 Å². The number of amides is 1. The van der Waals surface area contributed by atoms with Gasteiger partial charge in [-0.3, -0.25) is 4.79 Å². The third-order valence-corrected chi connectivity index (χ3v) is 4.14. The van der Waals surface area contributed by atoms with E-state index in [4.69, 9.17) is 0 Å². The first-order valence-corrected chi connectivity index (χ1v) is 8.56. The van der Waals surface area contributed by atoms with Gasteiger partial charge >= 0.3 is 6.18 Å². The average Bonchev–Trinajstić information content (AvgIpc) is 3.09. The molecule has 0 radical (unpaired) electrons. The molecule has 2 heterocycles. The molecule has 0 spiro atoms. The van der Waals surface area contributed by atoms with Crippen molar-refractivity contribution < 1.29 is 22.7 Å². The van der Waals surface area contributed by atoms with Crippen molar-refractivity contribution in [2.75, 3.05) is 39.3 Å². The third kappa shape index (κ3) is 6.53. The lowest BCUT2D eigenvalue weighted by Crippen LogP contribution is -2.34. The Kier molecular flexibility index (Phi) is 7.04. The second-order valence-corrected chi connectivity index (χ2v) is 6.08. The Morgan fingerprint density at radius 1 is 1.32 bits per heavy atom. The minimum Gasteiger partial charge on any atom is -0.468 e. The molecule has 1 aromatic heterocycles. The maximum Gasteiger partial charge on any atom is 0.422 e. The summed E-state index contributed by atoms with van der Waals surface area (Å²) in [4.78, 5) is 20.4. The molecule has 5 nitrogen and oxygen atoms in total. The maximum atomic E-state index is 12.5. The van der Waals surface area contributed by atoms with Crippen molar-refractivity contribution in [3.05, 3.63) is 23.9 Å². The van der Waals surface area contributed by atoms with Gasteiger partial charge in [0.15, 0.2) is 6.61 Å². The van der Waals surface area contributed by atoms with Crippen molar-refractivity contribution in [1.29, 1.82) is 0 Å². The van der Waals surface area contributed by atoms with Crippen LogP contribution in [0.1, 0.15) is 36.5 Å². The topological polar surface area (TPSA) is 45.7 Å². The number of rotatable bonds is 8. The Bertz CT molecular complexity index is 543. The van der Waals surface area contributed by atoms with Crippen molar-refractivity contribution in [2.45, 2.75) is 32.4 Å². The van der Waals surface area contributed by atoms with Crippen LogP contribution in [0.4, 0.5) is 13.2 Å². The largest absolute Gasteiger partial charge is 0.468 e. The van der Waals surface area contributed by atoms with Gasteiger partial charge in [0.1, 0.15) is 0 Å². The Morgan fingerprint density at radius 2 is 2.04 bits per heavy atom. The molecule has 1 aromatic rings. The van der Waals surface area contributed by atoms with Crippen molar-refractivity contribution in [1.82, 2.24) is 14.8 Å². The fourth-order valence-corrected chi connectivity index (χ4v) is 2.83. The lowest BCUT2D eigenvalue weighted by Gasteiger charge is -2.22. The fourth-order valence-electron chi connectivity index (χ4n) is 2.83. The zero-order chi connectivity index (χ0) is 18.3. The summed E-state index contributed by atoms with van der Waals surface area (Å²) in [7, 11) is 0. The van der Waals surface area contributed by atoms with E-state index in [1.807, 2.05) is 6.92 Å². The van der Waals surface area contributed by atoms with E-state index < -0.39 is 12.8 Å². The highest BCUT2D eigenvalue weighted by Gasteiger charge is 2.28. The van der Waals surface area contributed by atoms with E-state index in [9.17, 15) is 18.0 Å². The molecule has 0 aliphatic carbocycles. The highest BCUT2D eigenvalue weighted by atomic mass is 19.4. The van der Waals surface area contributed by atoms with Crippen LogP contribution in [0.25, 0.3) is 0 Å². The van der Waals surface area contributed by atoms with Gasteiger partial charge in [-0.2, -0.15) is 13.2 Å². The van der Waals surface area contributed by atoms with Gasteiger partial charge in [-0.15, -0.1) is 0 Å². The van der Waals surface area contributed by atoms with E-state index >= 15 is 0 Å². The lowest BCUT2D eigenvalue weighted by atomic mass is 10.2. The summed E-state index contributed by atoms with van der Waals surface area (Å²) in [6, 6.07) is 2.74. The standard InChI is InChI=1S/C17H24F3N3O2/c1-2-23(11-5-10-22-8-3-4-9-22)16(24)14-6-7-15(21-12-14)25-13-17(18,19)20/h6-7,12H,2-5,8-11,13H2,1H3. The molecule has 1 aliphatic rings. The average molecular weight is 359 g/mol. The number of ether oxygens (including phenoxy) is 1. The van der Waals surface area contributed by atoms with Gasteiger partial charge in [0.2, 0.25) is 5.88 Å². The Hall–Kier alpha value is -1.83. The van der Waals surface area contributed by atoms with Crippen LogP contribution in [-0.2, 0) is 0 Å². The van der Waals surface area contributed by atoms with Crippen LogP contribution >= 0.6 is 0 Å². The molecular formula is C17H24F3N3O2. The quantitative estimate of drug-likeness (QED) is 0.716. The van der Waals surface area contributed by atoms with E-state index in [-0.39, 0.29) is 11.8 Å². The molecule has 0 aromatic carbocycles. The lowest BCUT2D eigenvalue weighted by molar-refractivity contribution is -0.154. The van der Waals surface area contributed by atoms with Gasteiger partial charge in [-0.25, -0.2) is 4.98 Å². The molecule has 1 saturated heterocycles. The molecule has 2 rings (SSSR count). The molecule has 8 heteroatoms. The number of likely N-dealkylation sites (tertiary alicyclic amines) is 1. The van der Waals surface area contributed by atoms with Gasteiger partial charge in [-0.05, 0) is 51.9 Å². The van der Waals surface area contributed by atoms with Crippen LogP contribution in [0, 0.1) is 0 Å². The smallest absolute Gasteiger partial charge is 0.422 e. The van der Waals surface area contributed by atoms with E-state index in [1.165, 1.54) is 31.2 Å². The molecule has 0 saturated carbocycles. The zero-order valence-electron chi connectivity index (χ0n) is 14.4. The summed E-state index contributed by atoms with van der Waals surface area (Å²) in [5, 5.41) is 0. The Labute approximate surface area is 145 Å². The van der Waals surface area contributed by atoms with Crippen molar-refractivity contribution >= 4 is 5.91 Å². The fraction of sp³-hybridized carbons (Fsp3) is 0.647. The molecule has 1 fully saturated rings. The molecular weight excluding hydrogens is 335 g/mol. The van der Waals surface area contributed by atoms with Crippen LogP contribution in [-0.4, -0.2) is 66.2 Å². The molecule has 1 aliphatic heterocycles. The number of aromatic nitrogens is 1. The highest BCUT2D eigenvalue weighted by molar-refractivity contribution is 5.93. The van der Waals surface area contributed by atoms with Gasteiger partial charge in [0, 0.05) is 25.4 Å². The highest BCUT2D eigenvalue weighted by Crippen LogP contribution is 2.17. The van der Waals surface area contributed by atoms with Crippen LogP contribution in [0.3, 0.4) is 0 Å². The second-order valence-electron chi connectivity index (χ2n) is 6.08. The minimum atomic E-state index is -4.41. The number of pyridine rings is 1. The molecule has 0 atom stereocenters. The van der Waals surface area contributed by atoms with Gasteiger partial charge in [0.05, 0.1) is 5.56 Å². The van der Waals surface area contributed by atoms with Crippen LogP contribution in [0.2, 0.25) is 0 Å². The van der Waals surface area contributed by atoms with Gasteiger partial charge < -0.3 is 14.5 Å². The van der Waals surface area contributed by atoms with Crippen LogP contribution < -0.4 is 4.74 Å². The molecule has 0 N–H and O–H groups in total. The van der Waals surface area contributed by atoms with E-state index in [0.717, 1.165) is 26.1 Å². The maximum absolute atomic E-state index is 12.5. The minimum absolute atomic E-state index is 0.147. The number of hydrogen-bond donors (Lipinski definition) is 0. The number of halogens is 3. The number of nitrogens with zero attached hydrogens (tertiary/aromatic N) is 3. The van der Waals surface area contributed by atoms with Crippen molar-refractivity contribution in [3.8, 4) is 5.88 Å². The predicted molar refractivity (Wildman–Crippen MR) is 87.7 cm³/mol. The number of hydrogen-bond acceptors (Lipinski definition) is 4. The number of carbonyl (C=O) groups is 1. The van der Waals surface area contributed by atoms with Crippen LogP contribution in [0.5, 0.6) is 5.88 Å². The molecule has 1 amide bonds. The Balaban J connectivity index is 1.83. The van der Waals surface area contributed by atoms with E-state index in [1.54, 1.807) is 4.90 Å². The summed E-state index contributed by atoms with van der Waals surface area (Å²) in [5.41, 5.74) is 0.349. The predicted octanol–water partition coefficient (Wildman–Crippen LogP) is 2.97. The first-order valence-electron chi connectivity index (χ1n) is 8.56. The Morgan fingerprint density at radius 3 is 2.60 bits per heavy atom. The van der Waals surface area contributed by atoms with Crippen molar-refractivity contribution in [2.24, 2.45) is 0 Å². The van der Waals surface area contributed by atoms with Crippen LogP contribution in [0.15, 0.2) is 18.3 Å². The summed E-state index contributed by atoms with van der Waals surface area (Å²) >= 11 is 0. The normalized spacial score (nSPS) is 15.4. The summed E-state index contributed by atoms with van der Waals surface area (Å²) in [6.45, 7) is 4.97. The monoisotopic (exact) mass is 359 g/mol. The summed E-state index contributed by atoms with van der Waals surface area (Å²) < 4.78 is 40.9. The van der Waals surface area contributed by atoms with Crippen molar-refractivity contribution in [3.63, 3.8) is 0 Å². The SMILES string of the molecule is CCN(CCCN1CCCC1)C(=O)c1ccc(OCC(F)(F)F)nc1. The number of carbonyl (C=O) groups excluding carboxylic acids is 1. The summed E-state index contributed by atoms with van der Waals surface area (Å²) in [5.74, 6) is -0.315. The zero-order valence-corrected chi connectivity index (χ0v) is 14.4.